The van der Waals surface area contributed by atoms with Gasteiger partial charge in [-0.3, -0.25) is 4.79 Å². The highest BCUT2D eigenvalue weighted by atomic mass is 35.5. The minimum atomic E-state index is -0.109. The van der Waals surface area contributed by atoms with Gasteiger partial charge in [0.2, 0.25) is 0 Å². The Kier molecular flexibility index (Phi) is 4.66. The fourth-order valence-electron chi connectivity index (χ4n) is 1.19. The third kappa shape index (κ3) is 6.04. The van der Waals surface area contributed by atoms with Crippen molar-refractivity contribution in [2.24, 2.45) is 5.10 Å². The van der Waals surface area contributed by atoms with Crippen LogP contribution in [-0.4, -0.2) is 44.3 Å². The van der Waals surface area contributed by atoms with Crippen LogP contribution < -0.4 is 5.43 Å². The Bertz CT molecular complexity index is 407. The maximum Gasteiger partial charge on any atom is 0.295 e. The molecule has 0 radical (unpaired) electrons. The van der Waals surface area contributed by atoms with E-state index >= 15 is 0 Å². The number of quaternary nitrogens is 1. The second kappa shape index (κ2) is 5.80. The van der Waals surface area contributed by atoms with Gasteiger partial charge in [0.1, 0.15) is 0 Å². The van der Waals surface area contributed by atoms with Gasteiger partial charge in [-0.2, -0.15) is 5.10 Å². The zero-order chi connectivity index (χ0) is 12.9. The number of carbonyl (C=O) groups excluding carboxylic acids is 1. The van der Waals surface area contributed by atoms with Gasteiger partial charge in [-0.1, -0.05) is 23.7 Å². The monoisotopic (exact) mass is 254 g/mol. The van der Waals surface area contributed by atoms with Gasteiger partial charge in [0.05, 0.1) is 27.4 Å². The molecule has 0 spiro atoms. The Hall–Kier alpha value is -1.39. The van der Waals surface area contributed by atoms with E-state index in [2.05, 4.69) is 10.5 Å². The van der Waals surface area contributed by atoms with Gasteiger partial charge < -0.3 is 4.48 Å². The Labute approximate surface area is 106 Å². The zero-order valence-corrected chi connectivity index (χ0v) is 11.0. The lowest BCUT2D eigenvalue weighted by molar-refractivity contribution is -0.862. The molecule has 0 unspecified atom stereocenters. The summed E-state index contributed by atoms with van der Waals surface area (Å²) >= 11 is 5.75. The quantitative estimate of drug-likeness (QED) is 0.494. The van der Waals surface area contributed by atoms with E-state index in [0.717, 1.165) is 5.56 Å². The second-order valence-electron chi connectivity index (χ2n) is 4.79. The van der Waals surface area contributed by atoms with E-state index in [0.29, 0.717) is 16.1 Å². The van der Waals surface area contributed by atoms with Gasteiger partial charge in [-0.25, -0.2) is 5.43 Å². The average molecular weight is 255 g/mol. The zero-order valence-electron chi connectivity index (χ0n) is 10.3. The van der Waals surface area contributed by atoms with E-state index in [4.69, 9.17) is 11.6 Å². The highest BCUT2D eigenvalue weighted by molar-refractivity contribution is 6.30. The average Bonchev–Trinajstić information content (AvgIpc) is 2.18. The minimum absolute atomic E-state index is 0.109. The van der Waals surface area contributed by atoms with Crippen LogP contribution >= 0.6 is 11.6 Å². The maximum atomic E-state index is 11.4. The predicted molar refractivity (Wildman–Crippen MR) is 70.1 cm³/mol. The van der Waals surface area contributed by atoms with Crippen molar-refractivity contribution in [2.45, 2.75) is 0 Å². The molecule has 0 heterocycles. The first kappa shape index (κ1) is 13.7. The smallest absolute Gasteiger partial charge is 0.295 e. The third-order valence-electron chi connectivity index (χ3n) is 1.89. The van der Waals surface area contributed by atoms with Crippen molar-refractivity contribution in [3.05, 3.63) is 34.9 Å². The Morgan fingerprint density at radius 1 is 1.35 bits per heavy atom. The Balaban J connectivity index is 2.45. The SMILES string of the molecule is C[N+](C)(C)CC(=O)N/N=C\c1ccc(Cl)cc1. The Morgan fingerprint density at radius 2 is 1.94 bits per heavy atom. The van der Waals surface area contributed by atoms with Gasteiger partial charge >= 0.3 is 0 Å². The highest BCUT2D eigenvalue weighted by Crippen LogP contribution is 2.07. The predicted octanol–water partition coefficient (Wildman–Crippen LogP) is 1.50. The van der Waals surface area contributed by atoms with Crippen LogP contribution in [0.25, 0.3) is 0 Å². The molecule has 0 atom stereocenters. The summed E-state index contributed by atoms with van der Waals surface area (Å²) in [7, 11) is 5.84. The molecule has 0 aliphatic carbocycles. The van der Waals surface area contributed by atoms with Crippen molar-refractivity contribution in [2.75, 3.05) is 27.7 Å². The fourth-order valence-corrected chi connectivity index (χ4v) is 1.32. The molecule has 1 rings (SSSR count). The number of amides is 1. The summed E-state index contributed by atoms with van der Waals surface area (Å²) in [6.07, 6.45) is 1.59. The first-order valence-corrected chi connectivity index (χ1v) is 5.62. The van der Waals surface area contributed by atoms with Crippen LogP contribution in [-0.2, 0) is 4.79 Å². The van der Waals surface area contributed by atoms with Crippen LogP contribution in [0.5, 0.6) is 0 Å². The second-order valence-corrected chi connectivity index (χ2v) is 5.23. The number of hydrogen-bond donors (Lipinski definition) is 1. The van der Waals surface area contributed by atoms with Gasteiger partial charge in [-0.15, -0.1) is 0 Å². The summed E-state index contributed by atoms with van der Waals surface area (Å²) in [6, 6.07) is 7.21. The van der Waals surface area contributed by atoms with Gasteiger partial charge in [0.25, 0.3) is 5.91 Å². The summed E-state index contributed by atoms with van der Waals surface area (Å²) in [5, 5.41) is 4.55. The lowest BCUT2D eigenvalue weighted by Crippen LogP contribution is -2.43. The molecule has 5 heteroatoms. The highest BCUT2D eigenvalue weighted by Gasteiger charge is 2.12. The summed E-state index contributed by atoms with van der Waals surface area (Å²) in [5.41, 5.74) is 3.37. The standard InChI is InChI=1S/C12H16ClN3O/c1-16(2,3)9-12(17)15-14-8-10-4-6-11(13)7-5-10/h4-8H,9H2,1-3H3/p+1/b14-8-. The number of rotatable bonds is 4. The topological polar surface area (TPSA) is 41.5 Å². The lowest BCUT2D eigenvalue weighted by atomic mass is 10.2. The van der Waals surface area contributed by atoms with Crippen molar-refractivity contribution in [3.8, 4) is 0 Å². The number of nitrogens with zero attached hydrogens (tertiary/aromatic N) is 2. The first-order chi connectivity index (χ1) is 7.87. The number of likely N-dealkylation sites (N-methyl/N-ethyl adjacent to an activating group) is 1. The lowest BCUT2D eigenvalue weighted by Gasteiger charge is -2.21. The van der Waals surface area contributed by atoms with E-state index in [1.165, 1.54) is 0 Å². The van der Waals surface area contributed by atoms with Crippen LogP contribution in [0.1, 0.15) is 5.56 Å². The van der Waals surface area contributed by atoms with Crippen molar-refractivity contribution in [1.82, 2.24) is 5.43 Å². The molecule has 1 amide bonds. The van der Waals surface area contributed by atoms with Gasteiger partial charge in [0.15, 0.2) is 6.54 Å². The molecule has 0 saturated carbocycles. The van der Waals surface area contributed by atoms with Crippen LogP contribution in [0.2, 0.25) is 5.02 Å². The largest absolute Gasteiger partial charge is 0.323 e. The first-order valence-electron chi connectivity index (χ1n) is 5.25. The third-order valence-corrected chi connectivity index (χ3v) is 2.14. The van der Waals surface area contributed by atoms with E-state index in [9.17, 15) is 4.79 Å². The maximum absolute atomic E-state index is 11.4. The van der Waals surface area contributed by atoms with Gasteiger partial charge in [0, 0.05) is 5.02 Å². The molecule has 4 nitrogen and oxygen atoms in total. The molecule has 92 valence electrons. The molecule has 1 N–H and O–H groups in total. The normalized spacial score (nSPS) is 11.8. The molecule has 0 saturated heterocycles. The van der Waals surface area contributed by atoms with Gasteiger partial charge in [-0.05, 0) is 17.7 Å². The molecule has 0 aliphatic rings. The molecule has 17 heavy (non-hydrogen) atoms. The molecule has 0 fully saturated rings. The van der Waals surface area contributed by atoms with Crippen LogP contribution in [0.15, 0.2) is 29.4 Å². The van der Waals surface area contributed by atoms with Crippen molar-refractivity contribution >= 4 is 23.7 Å². The van der Waals surface area contributed by atoms with Crippen LogP contribution in [0, 0.1) is 0 Å². The molecular formula is C12H17ClN3O+. The molecule has 0 aromatic heterocycles. The number of halogens is 1. The number of nitrogens with one attached hydrogen (secondary N) is 1. The molecule has 1 aromatic rings. The van der Waals surface area contributed by atoms with E-state index in [1.54, 1.807) is 18.3 Å². The van der Waals surface area contributed by atoms with Crippen LogP contribution in [0.4, 0.5) is 0 Å². The van der Waals surface area contributed by atoms with Crippen molar-refractivity contribution in [1.29, 1.82) is 0 Å². The van der Waals surface area contributed by atoms with E-state index in [1.807, 2.05) is 33.3 Å². The fraction of sp³-hybridized carbons (Fsp3) is 0.333. The van der Waals surface area contributed by atoms with Crippen LogP contribution in [0.3, 0.4) is 0 Å². The molecule has 0 aliphatic heterocycles. The summed E-state index contributed by atoms with van der Waals surface area (Å²) < 4.78 is 0.572. The summed E-state index contributed by atoms with van der Waals surface area (Å²) in [4.78, 5) is 11.4. The molecule has 0 bridgehead atoms. The summed E-state index contributed by atoms with van der Waals surface area (Å²) in [6.45, 7) is 0.387. The minimum Gasteiger partial charge on any atom is -0.323 e. The number of hydrogen-bond acceptors (Lipinski definition) is 2. The summed E-state index contributed by atoms with van der Waals surface area (Å²) in [5.74, 6) is -0.109. The number of benzene rings is 1. The Morgan fingerprint density at radius 3 is 2.47 bits per heavy atom. The van der Waals surface area contributed by atoms with E-state index in [-0.39, 0.29) is 5.91 Å². The molecular weight excluding hydrogens is 238 g/mol. The van der Waals surface area contributed by atoms with Crippen molar-refractivity contribution in [3.63, 3.8) is 0 Å². The van der Waals surface area contributed by atoms with E-state index < -0.39 is 0 Å². The number of carbonyl (C=O) groups is 1. The number of hydrazone groups is 1. The molecule has 1 aromatic carbocycles. The van der Waals surface area contributed by atoms with Crippen molar-refractivity contribution < 1.29 is 9.28 Å².